The molecule has 0 radical (unpaired) electrons. The van der Waals surface area contributed by atoms with Crippen molar-refractivity contribution in [1.29, 1.82) is 0 Å². The van der Waals surface area contributed by atoms with E-state index in [0.717, 1.165) is 77.3 Å². The molecule has 0 spiro atoms. The lowest BCUT2D eigenvalue weighted by molar-refractivity contribution is 0.660. The number of rotatable bonds is 5. The standard InChI is InChI=1S/C54H35N3O2/c1-54(2)43-21-8-6-18-39(43)49-41(20-11-22-44(49)54)53-56-51(55-52(57-53)36-26-28-46-42(30-36)38-17-7-9-23-45(38)58-46)35-16-10-15-33(29-35)34-25-27-40-48(31-34)59-47-24-12-19-37(50(40)47)32-13-4-3-5-14-32/h3-31H,1-2H3. The van der Waals surface area contributed by atoms with Gasteiger partial charge in [0.1, 0.15) is 22.3 Å². The van der Waals surface area contributed by atoms with E-state index in [-0.39, 0.29) is 5.41 Å². The second-order valence-electron chi connectivity index (χ2n) is 16.0. The van der Waals surface area contributed by atoms with Gasteiger partial charge in [-0.25, -0.2) is 15.0 Å². The molecule has 5 heteroatoms. The van der Waals surface area contributed by atoms with Crippen LogP contribution in [0.2, 0.25) is 0 Å². The van der Waals surface area contributed by atoms with Crippen LogP contribution in [-0.2, 0) is 5.41 Å². The minimum atomic E-state index is -0.160. The third kappa shape index (κ3) is 5.21. The first kappa shape index (κ1) is 33.5. The van der Waals surface area contributed by atoms with Gasteiger partial charge in [0.2, 0.25) is 0 Å². The predicted molar refractivity (Wildman–Crippen MR) is 239 cm³/mol. The summed E-state index contributed by atoms with van der Waals surface area (Å²) in [6.45, 7) is 4.60. The Morgan fingerprint density at radius 3 is 1.85 bits per heavy atom. The number of nitrogens with zero attached hydrogens (tertiary/aromatic N) is 3. The van der Waals surface area contributed by atoms with Crippen LogP contribution in [-0.4, -0.2) is 15.0 Å². The first-order valence-electron chi connectivity index (χ1n) is 20.0. The van der Waals surface area contributed by atoms with Crippen molar-refractivity contribution in [2.75, 3.05) is 0 Å². The highest BCUT2D eigenvalue weighted by molar-refractivity contribution is 6.13. The third-order valence-corrected chi connectivity index (χ3v) is 12.2. The molecule has 0 saturated heterocycles. The SMILES string of the molecule is CC1(C)c2ccccc2-c2c(-c3nc(-c4cccc(-c5ccc6c(c5)oc5cccc(-c7ccccc7)c56)c4)nc(-c4ccc5oc6ccccc6c5c4)n3)cccc21. The molecule has 0 atom stereocenters. The van der Waals surface area contributed by atoms with Crippen molar-refractivity contribution < 1.29 is 8.83 Å². The molecule has 0 bridgehead atoms. The Labute approximate surface area is 340 Å². The fourth-order valence-electron chi connectivity index (χ4n) is 9.26. The van der Waals surface area contributed by atoms with E-state index in [9.17, 15) is 0 Å². The molecule has 59 heavy (non-hydrogen) atoms. The van der Waals surface area contributed by atoms with Crippen LogP contribution in [0.3, 0.4) is 0 Å². The topological polar surface area (TPSA) is 65.0 Å². The highest BCUT2D eigenvalue weighted by Crippen LogP contribution is 2.52. The Balaban J connectivity index is 1.03. The summed E-state index contributed by atoms with van der Waals surface area (Å²) in [5.41, 5.74) is 15.4. The summed E-state index contributed by atoms with van der Waals surface area (Å²) in [5.74, 6) is 1.84. The molecule has 0 fully saturated rings. The van der Waals surface area contributed by atoms with Crippen molar-refractivity contribution in [2.45, 2.75) is 19.3 Å². The van der Waals surface area contributed by atoms with Gasteiger partial charge in [-0.15, -0.1) is 0 Å². The molecule has 12 rings (SSSR count). The average molecular weight is 758 g/mol. The number of benzene rings is 8. The highest BCUT2D eigenvalue weighted by Gasteiger charge is 2.37. The van der Waals surface area contributed by atoms with Crippen LogP contribution in [0.4, 0.5) is 0 Å². The van der Waals surface area contributed by atoms with E-state index in [4.69, 9.17) is 23.8 Å². The molecule has 11 aromatic rings. The van der Waals surface area contributed by atoms with Gasteiger partial charge in [-0.3, -0.25) is 0 Å². The summed E-state index contributed by atoms with van der Waals surface area (Å²) in [5, 5.41) is 4.30. The Kier molecular flexibility index (Phi) is 7.20. The Bertz CT molecular complexity index is 3480. The van der Waals surface area contributed by atoms with Crippen LogP contribution in [0.25, 0.3) is 111 Å². The summed E-state index contributed by atoms with van der Waals surface area (Å²) >= 11 is 0. The lowest BCUT2D eigenvalue weighted by Crippen LogP contribution is -2.14. The van der Waals surface area contributed by atoms with Crippen LogP contribution >= 0.6 is 0 Å². The molecule has 0 amide bonds. The Morgan fingerprint density at radius 2 is 0.949 bits per heavy atom. The van der Waals surface area contributed by atoms with Crippen LogP contribution in [0.15, 0.2) is 185 Å². The van der Waals surface area contributed by atoms with Crippen molar-refractivity contribution in [3.8, 4) is 67.5 Å². The zero-order chi connectivity index (χ0) is 39.2. The maximum absolute atomic E-state index is 6.51. The number of furan rings is 2. The summed E-state index contributed by atoms with van der Waals surface area (Å²) in [7, 11) is 0. The second-order valence-corrected chi connectivity index (χ2v) is 16.0. The van der Waals surface area contributed by atoms with E-state index in [1.54, 1.807) is 0 Å². The Morgan fingerprint density at radius 1 is 0.356 bits per heavy atom. The highest BCUT2D eigenvalue weighted by atomic mass is 16.3. The molecule has 0 aliphatic heterocycles. The maximum Gasteiger partial charge on any atom is 0.164 e. The zero-order valence-electron chi connectivity index (χ0n) is 32.4. The average Bonchev–Trinajstić information content (AvgIpc) is 3.93. The Hall–Kier alpha value is -7.63. The van der Waals surface area contributed by atoms with Crippen molar-refractivity contribution >= 4 is 43.9 Å². The van der Waals surface area contributed by atoms with E-state index in [1.165, 1.54) is 27.8 Å². The number of hydrogen-bond donors (Lipinski definition) is 0. The quantitative estimate of drug-likeness (QED) is 0.175. The first-order chi connectivity index (χ1) is 29.0. The summed E-state index contributed by atoms with van der Waals surface area (Å²) in [4.78, 5) is 15.8. The second kappa shape index (κ2) is 12.7. The molecule has 1 aliphatic rings. The van der Waals surface area contributed by atoms with Crippen LogP contribution in [0, 0.1) is 0 Å². The van der Waals surface area contributed by atoms with Gasteiger partial charge in [0.15, 0.2) is 17.5 Å². The van der Waals surface area contributed by atoms with Crippen molar-refractivity contribution in [3.63, 3.8) is 0 Å². The van der Waals surface area contributed by atoms with Gasteiger partial charge >= 0.3 is 0 Å². The predicted octanol–water partition coefficient (Wildman–Crippen LogP) is 14.3. The smallest absolute Gasteiger partial charge is 0.164 e. The van der Waals surface area contributed by atoms with E-state index >= 15 is 0 Å². The lowest BCUT2D eigenvalue weighted by Gasteiger charge is -2.21. The molecule has 0 unspecified atom stereocenters. The van der Waals surface area contributed by atoms with Crippen LogP contribution in [0.1, 0.15) is 25.0 Å². The van der Waals surface area contributed by atoms with Gasteiger partial charge in [-0.2, -0.15) is 0 Å². The molecule has 3 heterocycles. The lowest BCUT2D eigenvalue weighted by atomic mass is 9.82. The van der Waals surface area contributed by atoms with Gasteiger partial charge < -0.3 is 8.83 Å². The van der Waals surface area contributed by atoms with E-state index < -0.39 is 0 Å². The summed E-state index contributed by atoms with van der Waals surface area (Å²) < 4.78 is 12.7. The van der Waals surface area contributed by atoms with Crippen molar-refractivity contribution in [1.82, 2.24) is 15.0 Å². The normalized spacial score (nSPS) is 13.1. The zero-order valence-corrected chi connectivity index (χ0v) is 32.4. The van der Waals surface area contributed by atoms with E-state index in [1.807, 2.05) is 42.5 Å². The summed E-state index contributed by atoms with van der Waals surface area (Å²) in [6, 6.07) is 61.3. The van der Waals surface area contributed by atoms with E-state index in [2.05, 4.69) is 147 Å². The molecule has 8 aromatic carbocycles. The molecule has 0 saturated carbocycles. The molecule has 1 aliphatic carbocycles. The van der Waals surface area contributed by atoms with E-state index in [0.29, 0.717) is 17.5 Å². The monoisotopic (exact) mass is 757 g/mol. The molecular formula is C54H35N3O2. The third-order valence-electron chi connectivity index (χ3n) is 12.2. The van der Waals surface area contributed by atoms with Gasteiger partial charge in [0, 0.05) is 43.7 Å². The number of aromatic nitrogens is 3. The van der Waals surface area contributed by atoms with Gasteiger partial charge in [-0.1, -0.05) is 141 Å². The fourth-order valence-corrected chi connectivity index (χ4v) is 9.26. The molecule has 3 aromatic heterocycles. The number of fused-ring (bicyclic) bond motifs is 9. The van der Waals surface area contributed by atoms with Gasteiger partial charge in [0.25, 0.3) is 0 Å². The van der Waals surface area contributed by atoms with Crippen LogP contribution < -0.4 is 0 Å². The number of hydrogen-bond acceptors (Lipinski definition) is 5. The van der Waals surface area contributed by atoms with Gasteiger partial charge in [0.05, 0.1) is 0 Å². The van der Waals surface area contributed by atoms with Crippen LogP contribution in [0.5, 0.6) is 0 Å². The van der Waals surface area contributed by atoms with Gasteiger partial charge in [-0.05, 0) is 93.0 Å². The number of para-hydroxylation sites is 1. The van der Waals surface area contributed by atoms with Crippen molar-refractivity contribution in [3.05, 3.63) is 187 Å². The molecular weight excluding hydrogens is 723 g/mol. The minimum Gasteiger partial charge on any atom is -0.456 e. The first-order valence-corrected chi connectivity index (χ1v) is 20.0. The largest absolute Gasteiger partial charge is 0.456 e. The molecule has 0 N–H and O–H groups in total. The maximum atomic E-state index is 6.51. The fraction of sp³-hybridized carbons (Fsp3) is 0.0556. The molecule has 5 nitrogen and oxygen atoms in total. The minimum absolute atomic E-state index is 0.160. The molecule has 278 valence electrons. The summed E-state index contributed by atoms with van der Waals surface area (Å²) in [6.07, 6.45) is 0. The van der Waals surface area contributed by atoms with Crippen molar-refractivity contribution in [2.24, 2.45) is 0 Å².